The van der Waals surface area contributed by atoms with Crippen molar-refractivity contribution in [3.8, 4) is 0 Å². The summed E-state index contributed by atoms with van der Waals surface area (Å²) in [4.78, 5) is 30.2. The van der Waals surface area contributed by atoms with E-state index in [0.717, 1.165) is 0 Å². The van der Waals surface area contributed by atoms with Gasteiger partial charge in [0.15, 0.2) is 22.7 Å². The van der Waals surface area contributed by atoms with E-state index in [1.54, 1.807) is 5.06 Å². The Kier molecular flexibility index (Phi) is 9.26. The second-order valence-corrected chi connectivity index (χ2v) is 22.9. The van der Waals surface area contributed by atoms with E-state index in [9.17, 15) is 9.59 Å². The van der Waals surface area contributed by atoms with Crippen LogP contribution in [0, 0.1) is 0 Å². The molecule has 0 aromatic rings. The fraction of sp³-hybridized carbons (Fsp3) is 0.917. The first-order valence-electron chi connectivity index (χ1n) is 12.0. The quantitative estimate of drug-likeness (QED) is 0.312. The molecule has 0 bridgehead atoms. The van der Waals surface area contributed by atoms with Crippen molar-refractivity contribution >= 4 is 28.6 Å². The molecule has 194 valence electrons. The lowest BCUT2D eigenvalue weighted by atomic mass is 9.98. The molecule has 1 aliphatic rings. The maximum absolute atomic E-state index is 12.4. The van der Waals surface area contributed by atoms with Crippen LogP contribution in [-0.4, -0.2) is 64.0 Å². The van der Waals surface area contributed by atoms with E-state index in [1.165, 1.54) is 6.92 Å². The highest BCUT2D eigenvalue weighted by atomic mass is 28.4. The van der Waals surface area contributed by atoms with Gasteiger partial charge in [0.05, 0.1) is 19.1 Å². The van der Waals surface area contributed by atoms with Crippen LogP contribution in [0.4, 0.5) is 0 Å². The summed E-state index contributed by atoms with van der Waals surface area (Å²) in [5.41, 5.74) is -0.438. The minimum absolute atomic E-state index is 0.00738. The molecule has 0 aromatic heterocycles. The monoisotopic (exact) mass is 503 g/mol. The topological polar surface area (TPSA) is 74.3 Å². The van der Waals surface area contributed by atoms with E-state index >= 15 is 0 Å². The zero-order valence-electron chi connectivity index (χ0n) is 23.5. The van der Waals surface area contributed by atoms with Crippen molar-refractivity contribution in [1.29, 1.82) is 0 Å². The first-order chi connectivity index (χ1) is 14.5. The minimum Gasteiger partial charge on any atom is -0.457 e. The Morgan fingerprint density at radius 3 is 1.88 bits per heavy atom. The molecular weight excluding hydrogens is 454 g/mol. The molecule has 1 aliphatic heterocycles. The lowest BCUT2D eigenvalue weighted by Gasteiger charge is -2.46. The van der Waals surface area contributed by atoms with Crippen molar-refractivity contribution in [1.82, 2.24) is 5.06 Å². The van der Waals surface area contributed by atoms with Crippen LogP contribution in [0.2, 0.25) is 36.3 Å². The molecule has 0 radical (unpaired) electrons. The average molecular weight is 504 g/mol. The van der Waals surface area contributed by atoms with Crippen molar-refractivity contribution in [3.05, 3.63) is 0 Å². The number of carbonyl (C=O) groups is 2. The van der Waals surface area contributed by atoms with Crippen LogP contribution in [0.3, 0.4) is 0 Å². The lowest BCUT2D eigenvalue weighted by molar-refractivity contribution is -0.215. The summed E-state index contributed by atoms with van der Waals surface area (Å²) in [6.45, 7) is 29.3. The van der Waals surface area contributed by atoms with Gasteiger partial charge in [0.1, 0.15) is 6.10 Å². The summed E-state index contributed by atoms with van der Waals surface area (Å²) in [6.07, 6.45) is -1.05. The van der Waals surface area contributed by atoms with Gasteiger partial charge in [0, 0.05) is 12.5 Å². The third-order valence-electron chi connectivity index (χ3n) is 7.25. The van der Waals surface area contributed by atoms with E-state index in [4.69, 9.17) is 18.4 Å². The molecule has 0 saturated carbocycles. The maximum atomic E-state index is 12.4. The number of hydrogen-bond donors (Lipinski definition) is 0. The first kappa shape index (κ1) is 30.3. The van der Waals surface area contributed by atoms with Crippen molar-refractivity contribution in [2.45, 2.75) is 136 Å². The van der Waals surface area contributed by atoms with Crippen LogP contribution >= 0.6 is 0 Å². The molecule has 1 fully saturated rings. The highest BCUT2D eigenvalue weighted by molar-refractivity contribution is 6.74. The van der Waals surface area contributed by atoms with Crippen molar-refractivity contribution in [2.75, 3.05) is 6.61 Å². The second-order valence-electron chi connectivity index (χ2n) is 13.3. The smallest absolute Gasteiger partial charge is 0.326 e. The number of rotatable bonds is 8. The molecule has 0 unspecified atom stereocenters. The number of hydrogen-bond acceptors (Lipinski definition) is 7. The van der Waals surface area contributed by atoms with Crippen LogP contribution in [0.1, 0.15) is 75.7 Å². The molecule has 33 heavy (non-hydrogen) atoms. The van der Waals surface area contributed by atoms with E-state index < -0.39 is 40.4 Å². The Hall–Kier alpha value is -0.746. The summed E-state index contributed by atoms with van der Waals surface area (Å²) >= 11 is 0. The molecule has 0 aliphatic carbocycles. The van der Waals surface area contributed by atoms with Crippen molar-refractivity contribution in [2.24, 2.45) is 0 Å². The van der Waals surface area contributed by atoms with E-state index in [-0.39, 0.29) is 35.1 Å². The number of carbonyl (C=O) groups excluding carboxylic acids is 2. The number of hydroxylamine groups is 2. The minimum atomic E-state index is -2.30. The van der Waals surface area contributed by atoms with Crippen LogP contribution < -0.4 is 0 Å². The van der Waals surface area contributed by atoms with Gasteiger partial charge < -0.3 is 18.4 Å². The second kappa shape index (κ2) is 10.1. The van der Waals surface area contributed by atoms with Gasteiger partial charge in [-0.2, -0.15) is 0 Å². The van der Waals surface area contributed by atoms with Gasteiger partial charge in [-0.25, -0.2) is 0 Å². The molecular formula is C24H49NO6Si2. The van der Waals surface area contributed by atoms with Gasteiger partial charge in [-0.05, 0) is 57.0 Å². The summed E-state index contributed by atoms with van der Waals surface area (Å²) in [6, 6.07) is -0.390. The lowest BCUT2D eigenvalue weighted by Crippen LogP contribution is -2.59. The van der Waals surface area contributed by atoms with Crippen LogP contribution in [-0.2, 0) is 28.0 Å². The Balaban J connectivity index is 3.47. The van der Waals surface area contributed by atoms with Crippen LogP contribution in [0.15, 0.2) is 0 Å². The molecule has 7 nitrogen and oxygen atoms in total. The molecule has 1 rings (SSSR count). The van der Waals surface area contributed by atoms with E-state index in [1.807, 2.05) is 20.8 Å². The summed E-state index contributed by atoms with van der Waals surface area (Å²) < 4.78 is 19.2. The van der Waals surface area contributed by atoms with Crippen molar-refractivity contribution in [3.63, 3.8) is 0 Å². The van der Waals surface area contributed by atoms with Crippen LogP contribution in [0.25, 0.3) is 0 Å². The van der Waals surface area contributed by atoms with Gasteiger partial charge in [0.25, 0.3) is 0 Å². The highest BCUT2D eigenvalue weighted by Crippen LogP contribution is 2.41. The molecule has 0 spiro atoms. The molecule has 9 heteroatoms. The zero-order chi connectivity index (χ0) is 26.2. The summed E-state index contributed by atoms with van der Waals surface area (Å²) in [5, 5.41) is 1.66. The maximum Gasteiger partial charge on any atom is 0.326 e. The predicted molar refractivity (Wildman–Crippen MR) is 137 cm³/mol. The van der Waals surface area contributed by atoms with Gasteiger partial charge >= 0.3 is 11.9 Å². The Morgan fingerprint density at radius 2 is 1.48 bits per heavy atom. The van der Waals surface area contributed by atoms with Gasteiger partial charge in [0.2, 0.25) is 0 Å². The summed E-state index contributed by atoms with van der Waals surface area (Å²) in [7, 11) is -4.41. The first-order valence-corrected chi connectivity index (χ1v) is 17.8. The largest absolute Gasteiger partial charge is 0.457 e. The zero-order valence-corrected chi connectivity index (χ0v) is 25.5. The molecule has 1 heterocycles. The fourth-order valence-electron chi connectivity index (χ4n) is 3.19. The standard InChI is InChI=1S/C24H49NO6Si2/c1-17(26)29-19(16-28-32(11,12)23(5,6)7)21(31-33(13,14)24(8,9)10)18-15-20(27)30-25(18)22(2,3)4/h18-19,21H,15-16H2,1-14H3/t18-,19+,21-/m0/s1. The van der Waals surface area contributed by atoms with E-state index in [2.05, 4.69) is 67.7 Å². The van der Waals surface area contributed by atoms with Gasteiger partial charge in [-0.15, -0.1) is 5.06 Å². The van der Waals surface area contributed by atoms with Gasteiger partial charge in [-0.3, -0.25) is 9.59 Å². The third kappa shape index (κ3) is 7.88. The Labute approximate surface area is 204 Å². The average Bonchev–Trinajstić information content (AvgIpc) is 2.96. The molecule has 0 amide bonds. The molecule has 1 saturated heterocycles. The Bertz CT molecular complexity index is 703. The molecule has 3 atom stereocenters. The van der Waals surface area contributed by atoms with Crippen molar-refractivity contribution < 1.29 is 28.0 Å². The third-order valence-corrected chi connectivity index (χ3v) is 16.2. The predicted octanol–water partition coefficient (Wildman–Crippen LogP) is 5.66. The highest BCUT2D eigenvalue weighted by Gasteiger charge is 2.52. The van der Waals surface area contributed by atoms with Gasteiger partial charge in [-0.1, -0.05) is 41.5 Å². The number of nitrogens with zero attached hydrogens (tertiary/aromatic N) is 1. The fourth-order valence-corrected chi connectivity index (χ4v) is 5.54. The normalized spacial score (nSPS) is 21.0. The molecule has 0 N–H and O–H groups in total. The Morgan fingerprint density at radius 1 is 1.00 bits per heavy atom. The number of ether oxygens (including phenoxy) is 1. The molecule has 0 aromatic carbocycles. The SMILES string of the molecule is CC(=O)O[C@H](CO[Si](C)(C)C(C)(C)C)[C@@H](O[Si](C)(C)C(C)(C)C)[C@@H]1CC(=O)ON1C(C)(C)C. The van der Waals surface area contributed by atoms with Crippen LogP contribution in [0.5, 0.6) is 0 Å². The number of esters is 1. The summed E-state index contributed by atoms with van der Waals surface area (Å²) in [5.74, 6) is -0.694. The van der Waals surface area contributed by atoms with E-state index in [0.29, 0.717) is 0 Å².